The Kier molecular flexibility index (Phi) is 4.61. The molecule has 1 N–H and O–H groups in total. The van der Waals surface area contributed by atoms with Gasteiger partial charge in [0.2, 0.25) is 5.91 Å². The Hall–Kier alpha value is -1.23. The minimum atomic E-state index is -0.0920. The first-order chi connectivity index (χ1) is 7.54. The maximum atomic E-state index is 11.4. The number of aromatic nitrogens is 1. The number of carbonyl (C=O) groups is 2. The first kappa shape index (κ1) is 12.8. The monoisotopic (exact) mass is 284 g/mol. The number of nitrogens with one attached hydrogen (secondary N) is 1. The first-order valence-electron chi connectivity index (χ1n) is 4.90. The third-order valence-corrected chi connectivity index (χ3v) is 2.49. The van der Waals surface area contributed by atoms with Gasteiger partial charge in [-0.1, -0.05) is 29.8 Å². The van der Waals surface area contributed by atoms with Crippen molar-refractivity contribution in [2.75, 3.05) is 10.6 Å². The number of pyridine rings is 1. The van der Waals surface area contributed by atoms with Crippen LogP contribution < -0.4 is 5.32 Å². The van der Waals surface area contributed by atoms with Crippen molar-refractivity contribution in [2.45, 2.75) is 13.8 Å². The molecule has 0 fully saturated rings. The molecular formula is C11H13BrN2O2. The Morgan fingerprint density at radius 3 is 2.56 bits per heavy atom. The van der Waals surface area contributed by atoms with Gasteiger partial charge < -0.3 is 5.32 Å². The average molecular weight is 285 g/mol. The van der Waals surface area contributed by atoms with Crippen molar-refractivity contribution in [3.8, 4) is 0 Å². The number of ketones is 1. The quantitative estimate of drug-likeness (QED) is 0.682. The SMILES string of the molecule is CC(C)C(=O)Nc1ccc(C(=O)CBr)cn1. The van der Waals surface area contributed by atoms with E-state index in [1.165, 1.54) is 6.20 Å². The zero-order chi connectivity index (χ0) is 12.1. The van der Waals surface area contributed by atoms with E-state index in [1.807, 2.05) is 0 Å². The van der Waals surface area contributed by atoms with E-state index in [0.717, 1.165) is 0 Å². The minimum Gasteiger partial charge on any atom is -0.310 e. The Bertz CT molecular complexity index is 387. The third kappa shape index (κ3) is 3.41. The van der Waals surface area contributed by atoms with Crippen molar-refractivity contribution >= 4 is 33.4 Å². The van der Waals surface area contributed by atoms with Gasteiger partial charge in [-0.25, -0.2) is 4.98 Å². The molecule has 0 saturated carbocycles. The number of nitrogens with zero attached hydrogens (tertiary/aromatic N) is 1. The van der Waals surface area contributed by atoms with E-state index in [2.05, 4.69) is 26.2 Å². The van der Waals surface area contributed by atoms with Crippen molar-refractivity contribution in [3.05, 3.63) is 23.9 Å². The molecule has 0 aromatic carbocycles. The van der Waals surface area contributed by atoms with Crippen molar-refractivity contribution in [1.82, 2.24) is 4.98 Å². The Morgan fingerprint density at radius 2 is 2.12 bits per heavy atom. The van der Waals surface area contributed by atoms with Gasteiger partial charge in [-0.3, -0.25) is 9.59 Å². The van der Waals surface area contributed by atoms with Gasteiger partial charge in [0.1, 0.15) is 5.82 Å². The van der Waals surface area contributed by atoms with E-state index in [4.69, 9.17) is 0 Å². The van der Waals surface area contributed by atoms with Gasteiger partial charge in [0.25, 0.3) is 0 Å². The Balaban J connectivity index is 2.72. The number of hydrogen-bond donors (Lipinski definition) is 1. The summed E-state index contributed by atoms with van der Waals surface area (Å²) in [6.07, 6.45) is 1.46. The van der Waals surface area contributed by atoms with Crippen LogP contribution in [0.3, 0.4) is 0 Å². The molecule has 1 rings (SSSR count). The predicted octanol–water partition coefficient (Wildman–Crippen LogP) is 2.25. The average Bonchev–Trinajstić information content (AvgIpc) is 2.28. The van der Waals surface area contributed by atoms with Crippen molar-refractivity contribution in [3.63, 3.8) is 0 Å². The molecule has 0 bridgehead atoms. The predicted molar refractivity (Wildman–Crippen MR) is 65.8 cm³/mol. The molecule has 86 valence electrons. The number of carbonyl (C=O) groups excluding carboxylic acids is 2. The first-order valence-corrected chi connectivity index (χ1v) is 6.03. The van der Waals surface area contributed by atoms with E-state index < -0.39 is 0 Å². The lowest BCUT2D eigenvalue weighted by Crippen LogP contribution is -2.18. The normalized spacial score (nSPS) is 10.2. The lowest BCUT2D eigenvalue weighted by atomic mass is 10.2. The molecule has 0 aliphatic carbocycles. The highest BCUT2D eigenvalue weighted by atomic mass is 79.9. The molecular weight excluding hydrogens is 272 g/mol. The molecule has 16 heavy (non-hydrogen) atoms. The van der Waals surface area contributed by atoms with Crippen molar-refractivity contribution < 1.29 is 9.59 Å². The number of alkyl halides is 1. The summed E-state index contributed by atoms with van der Waals surface area (Å²) in [5.41, 5.74) is 0.527. The number of Topliss-reactive ketones (excluding diaryl/α,β-unsaturated/α-hetero) is 1. The van der Waals surface area contributed by atoms with Crippen LogP contribution in [0.5, 0.6) is 0 Å². The Morgan fingerprint density at radius 1 is 1.44 bits per heavy atom. The van der Waals surface area contributed by atoms with Gasteiger partial charge in [-0.15, -0.1) is 0 Å². The topological polar surface area (TPSA) is 59.1 Å². The molecule has 1 aromatic rings. The van der Waals surface area contributed by atoms with Gasteiger partial charge in [-0.05, 0) is 12.1 Å². The molecule has 0 saturated heterocycles. The van der Waals surface area contributed by atoms with E-state index in [0.29, 0.717) is 11.4 Å². The van der Waals surface area contributed by atoms with Gasteiger partial charge in [0, 0.05) is 17.7 Å². The smallest absolute Gasteiger partial charge is 0.228 e. The summed E-state index contributed by atoms with van der Waals surface area (Å²) in [6, 6.07) is 3.27. The fraction of sp³-hybridized carbons (Fsp3) is 0.364. The fourth-order valence-corrected chi connectivity index (χ4v) is 1.30. The van der Waals surface area contributed by atoms with E-state index in [-0.39, 0.29) is 22.9 Å². The van der Waals surface area contributed by atoms with Gasteiger partial charge in [-0.2, -0.15) is 0 Å². The third-order valence-electron chi connectivity index (χ3n) is 1.98. The van der Waals surface area contributed by atoms with E-state index in [9.17, 15) is 9.59 Å². The fourth-order valence-electron chi connectivity index (χ4n) is 0.980. The van der Waals surface area contributed by atoms with E-state index in [1.54, 1.807) is 26.0 Å². The largest absolute Gasteiger partial charge is 0.310 e. The summed E-state index contributed by atoms with van der Waals surface area (Å²) in [6.45, 7) is 3.61. The number of halogens is 1. The minimum absolute atomic E-state index is 0.0331. The molecule has 0 aliphatic rings. The summed E-state index contributed by atoms with van der Waals surface area (Å²) in [5.74, 6) is 0.247. The molecule has 1 heterocycles. The van der Waals surface area contributed by atoms with Crippen LogP contribution in [0.1, 0.15) is 24.2 Å². The van der Waals surface area contributed by atoms with Crippen LogP contribution in [0.15, 0.2) is 18.3 Å². The molecule has 1 amide bonds. The van der Waals surface area contributed by atoms with Crippen LogP contribution in [0.25, 0.3) is 0 Å². The second-order valence-electron chi connectivity index (χ2n) is 3.63. The van der Waals surface area contributed by atoms with Crippen molar-refractivity contribution in [2.24, 2.45) is 5.92 Å². The summed E-state index contributed by atoms with van der Waals surface area (Å²) < 4.78 is 0. The number of anilines is 1. The second-order valence-corrected chi connectivity index (χ2v) is 4.19. The lowest BCUT2D eigenvalue weighted by molar-refractivity contribution is -0.118. The number of amides is 1. The molecule has 4 nitrogen and oxygen atoms in total. The molecule has 0 unspecified atom stereocenters. The summed E-state index contributed by atoms with van der Waals surface area (Å²) in [4.78, 5) is 26.6. The lowest BCUT2D eigenvalue weighted by Gasteiger charge is -2.06. The van der Waals surface area contributed by atoms with E-state index >= 15 is 0 Å². The molecule has 1 aromatic heterocycles. The second kappa shape index (κ2) is 5.75. The zero-order valence-electron chi connectivity index (χ0n) is 9.16. The van der Waals surface area contributed by atoms with Crippen LogP contribution in [-0.4, -0.2) is 22.0 Å². The summed E-state index contributed by atoms with van der Waals surface area (Å²) in [5, 5.41) is 2.92. The summed E-state index contributed by atoms with van der Waals surface area (Å²) >= 11 is 3.08. The van der Waals surface area contributed by atoms with Crippen LogP contribution in [0.4, 0.5) is 5.82 Å². The summed E-state index contributed by atoms with van der Waals surface area (Å²) in [7, 11) is 0. The molecule has 0 spiro atoms. The zero-order valence-corrected chi connectivity index (χ0v) is 10.7. The molecule has 0 aliphatic heterocycles. The van der Waals surface area contributed by atoms with Gasteiger partial charge in [0.15, 0.2) is 5.78 Å². The standard InChI is InChI=1S/C11H13BrN2O2/c1-7(2)11(16)14-10-4-3-8(6-13-10)9(15)5-12/h3-4,6-7H,5H2,1-2H3,(H,13,14,16). The van der Waals surface area contributed by atoms with Gasteiger partial charge in [0.05, 0.1) is 5.33 Å². The van der Waals surface area contributed by atoms with Gasteiger partial charge >= 0.3 is 0 Å². The maximum absolute atomic E-state index is 11.4. The maximum Gasteiger partial charge on any atom is 0.228 e. The molecule has 0 atom stereocenters. The molecule has 0 radical (unpaired) electrons. The number of hydrogen-bond acceptors (Lipinski definition) is 3. The van der Waals surface area contributed by atoms with Crippen molar-refractivity contribution in [1.29, 1.82) is 0 Å². The highest BCUT2D eigenvalue weighted by Crippen LogP contribution is 2.08. The van der Waals surface area contributed by atoms with Crippen LogP contribution in [0, 0.1) is 5.92 Å². The van der Waals surface area contributed by atoms with Crippen LogP contribution in [0.2, 0.25) is 0 Å². The highest BCUT2D eigenvalue weighted by Gasteiger charge is 2.08. The number of rotatable bonds is 4. The highest BCUT2D eigenvalue weighted by molar-refractivity contribution is 9.09. The Labute approximate surface area is 103 Å². The molecule has 5 heteroatoms. The van der Waals surface area contributed by atoms with Crippen LogP contribution >= 0.6 is 15.9 Å². The van der Waals surface area contributed by atoms with Crippen LogP contribution in [-0.2, 0) is 4.79 Å².